The fourth-order valence-corrected chi connectivity index (χ4v) is 1.81. The average Bonchev–Trinajstić information content (AvgIpc) is 2.37. The summed E-state index contributed by atoms with van der Waals surface area (Å²) in [5.74, 6) is -0.946. The third-order valence-corrected chi connectivity index (χ3v) is 3.00. The van der Waals surface area contributed by atoms with E-state index in [2.05, 4.69) is 5.32 Å². The number of amides is 2. The molecular weight excluding hydrogens is 258 g/mol. The first-order valence-electron chi connectivity index (χ1n) is 6.44. The zero-order chi connectivity index (χ0) is 15.3. The van der Waals surface area contributed by atoms with Gasteiger partial charge in [-0.3, -0.25) is 9.59 Å². The monoisotopic (exact) mass is 279 g/mol. The Morgan fingerprint density at radius 2 is 1.80 bits per heavy atom. The van der Waals surface area contributed by atoms with E-state index >= 15 is 0 Å². The van der Waals surface area contributed by atoms with Gasteiger partial charge in [-0.15, -0.1) is 0 Å². The number of hydrogen-bond acceptors (Lipinski definition) is 4. The molecule has 6 nitrogen and oxygen atoms in total. The van der Waals surface area contributed by atoms with Crippen LogP contribution in [0.5, 0.6) is 5.75 Å². The number of primary amides is 1. The molecule has 0 aliphatic heterocycles. The minimum absolute atomic E-state index is 0.0997. The molecule has 0 aliphatic carbocycles. The van der Waals surface area contributed by atoms with E-state index < -0.39 is 23.9 Å². The van der Waals surface area contributed by atoms with Crippen LogP contribution in [0.15, 0.2) is 24.3 Å². The fraction of sp³-hybridized carbons (Fsp3) is 0.429. The van der Waals surface area contributed by atoms with Crippen molar-refractivity contribution >= 4 is 11.8 Å². The van der Waals surface area contributed by atoms with E-state index in [1.54, 1.807) is 26.0 Å². The molecule has 6 heteroatoms. The Morgan fingerprint density at radius 3 is 2.25 bits per heavy atom. The number of nitrogens with two attached hydrogens (primary N) is 2. The fourth-order valence-electron chi connectivity index (χ4n) is 1.81. The van der Waals surface area contributed by atoms with Crippen molar-refractivity contribution in [2.75, 3.05) is 0 Å². The number of hydrogen-bond donors (Lipinski definition) is 4. The Labute approximate surface area is 118 Å². The molecule has 1 rings (SSSR count). The van der Waals surface area contributed by atoms with Crippen molar-refractivity contribution < 1.29 is 14.7 Å². The summed E-state index contributed by atoms with van der Waals surface area (Å²) >= 11 is 0. The molecule has 0 aromatic heterocycles. The zero-order valence-electron chi connectivity index (χ0n) is 11.7. The molecule has 0 saturated heterocycles. The van der Waals surface area contributed by atoms with E-state index in [1.165, 1.54) is 12.1 Å². The Bertz CT molecular complexity index is 471. The number of nitrogens with one attached hydrogen (secondary N) is 1. The van der Waals surface area contributed by atoms with Crippen LogP contribution in [-0.2, 0) is 16.0 Å². The third kappa shape index (κ3) is 4.55. The van der Waals surface area contributed by atoms with Crippen LogP contribution in [0.25, 0.3) is 0 Å². The van der Waals surface area contributed by atoms with E-state index in [-0.39, 0.29) is 11.7 Å². The first kappa shape index (κ1) is 16.0. The molecule has 0 aliphatic rings. The maximum Gasteiger partial charge on any atom is 0.240 e. The van der Waals surface area contributed by atoms with Gasteiger partial charge in [0.1, 0.15) is 11.8 Å². The maximum absolute atomic E-state index is 11.9. The first-order valence-corrected chi connectivity index (χ1v) is 6.44. The average molecular weight is 279 g/mol. The molecule has 20 heavy (non-hydrogen) atoms. The minimum atomic E-state index is -0.778. The van der Waals surface area contributed by atoms with Crippen LogP contribution in [0.3, 0.4) is 0 Å². The summed E-state index contributed by atoms with van der Waals surface area (Å²) in [6.07, 6.45) is 0.315. The van der Waals surface area contributed by atoms with E-state index in [0.717, 1.165) is 5.56 Å². The van der Waals surface area contributed by atoms with Crippen LogP contribution in [0, 0.1) is 5.92 Å². The van der Waals surface area contributed by atoms with Crippen molar-refractivity contribution in [2.45, 2.75) is 32.4 Å². The molecule has 0 saturated carbocycles. The molecular formula is C14H21N3O3. The van der Waals surface area contributed by atoms with Crippen molar-refractivity contribution in [1.29, 1.82) is 0 Å². The summed E-state index contributed by atoms with van der Waals surface area (Å²) in [6.45, 7) is 3.59. The number of phenolic OH excluding ortho intramolecular Hbond substituents is 1. The van der Waals surface area contributed by atoms with E-state index in [9.17, 15) is 14.7 Å². The highest BCUT2D eigenvalue weighted by atomic mass is 16.3. The van der Waals surface area contributed by atoms with Gasteiger partial charge in [-0.05, 0) is 30.0 Å². The van der Waals surface area contributed by atoms with Crippen LogP contribution < -0.4 is 16.8 Å². The topological polar surface area (TPSA) is 118 Å². The zero-order valence-corrected chi connectivity index (χ0v) is 11.7. The van der Waals surface area contributed by atoms with Gasteiger partial charge in [0, 0.05) is 0 Å². The minimum Gasteiger partial charge on any atom is -0.508 e. The lowest BCUT2D eigenvalue weighted by Gasteiger charge is -2.21. The SMILES string of the molecule is CC(C)[C@H](NC(=O)[C@H](N)Cc1ccc(O)cc1)C(N)=O. The van der Waals surface area contributed by atoms with Crippen LogP contribution in [0.4, 0.5) is 0 Å². The summed E-state index contributed by atoms with van der Waals surface area (Å²) in [7, 11) is 0. The van der Waals surface area contributed by atoms with Crippen molar-refractivity contribution in [3.05, 3.63) is 29.8 Å². The molecule has 110 valence electrons. The number of carbonyl (C=O) groups is 2. The molecule has 1 aromatic carbocycles. The molecule has 2 amide bonds. The lowest BCUT2D eigenvalue weighted by atomic mass is 10.0. The number of benzene rings is 1. The van der Waals surface area contributed by atoms with Crippen LogP contribution in [-0.4, -0.2) is 29.0 Å². The predicted molar refractivity (Wildman–Crippen MR) is 75.7 cm³/mol. The normalized spacial score (nSPS) is 13.8. The maximum atomic E-state index is 11.9. The second-order valence-electron chi connectivity index (χ2n) is 5.11. The Balaban J connectivity index is 2.62. The highest BCUT2D eigenvalue weighted by Gasteiger charge is 2.24. The van der Waals surface area contributed by atoms with Crippen molar-refractivity contribution in [3.8, 4) is 5.75 Å². The molecule has 0 fully saturated rings. The quantitative estimate of drug-likeness (QED) is 0.581. The molecule has 6 N–H and O–H groups in total. The van der Waals surface area contributed by atoms with Crippen molar-refractivity contribution in [3.63, 3.8) is 0 Å². The van der Waals surface area contributed by atoms with Crippen LogP contribution >= 0.6 is 0 Å². The van der Waals surface area contributed by atoms with E-state index in [0.29, 0.717) is 6.42 Å². The van der Waals surface area contributed by atoms with Gasteiger partial charge in [-0.25, -0.2) is 0 Å². The van der Waals surface area contributed by atoms with Gasteiger partial charge in [-0.2, -0.15) is 0 Å². The predicted octanol–water partition coefficient (Wildman–Crippen LogP) is -0.112. The molecule has 0 unspecified atom stereocenters. The first-order chi connectivity index (χ1) is 9.31. The van der Waals surface area contributed by atoms with Crippen molar-refractivity contribution in [2.24, 2.45) is 17.4 Å². The van der Waals surface area contributed by atoms with Crippen molar-refractivity contribution in [1.82, 2.24) is 5.32 Å². The van der Waals surface area contributed by atoms with Gasteiger partial charge < -0.3 is 21.9 Å². The molecule has 0 radical (unpaired) electrons. The summed E-state index contributed by atoms with van der Waals surface area (Å²) in [5, 5.41) is 11.7. The molecule has 0 heterocycles. The van der Waals surface area contributed by atoms with Gasteiger partial charge in [0.15, 0.2) is 0 Å². The van der Waals surface area contributed by atoms with Crippen LogP contribution in [0.1, 0.15) is 19.4 Å². The van der Waals surface area contributed by atoms with Crippen LogP contribution in [0.2, 0.25) is 0 Å². The van der Waals surface area contributed by atoms with Gasteiger partial charge in [-0.1, -0.05) is 26.0 Å². The lowest BCUT2D eigenvalue weighted by Crippen LogP contribution is -2.53. The second-order valence-corrected chi connectivity index (χ2v) is 5.11. The molecule has 1 aromatic rings. The smallest absolute Gasteiger partial charge is 0.240 e. The largest absolute Gasteiger partial charge is 0.508 e. The summed E-state index contributed by atoms with van der Waals surface area (Å²) < 4.78 is 0. The van der Waals surface area contributed by atoms with Gasteiger partial charge >= 0.3 is 0 Å². The number of rotatable bonds is 6. The Hall–Kier alpha value is -2.08. The van der Waals surface area contributed by atoms with E-state index in [1.807, 2.05) is 0 Å². The summed E-state index contributed by atoms with van der Waals surface area (Å²) in [4.78, 5) is 23.2. The second kappa shape index (κ2) is 6.91. The van der Waals surface area contributed by atoms with Gasteiger partial charge in [0.05, 0.1) is 6.04 Å². The molecule has 0 spiro atoms. The number of phenols is 1. The highest BCUT2D eigenvalue weighted by Crippen LogP contribution is 2.11. The standard InChI is InChI=1S/C14H21N3O3/c1-8(2)12(13(16)19)17-14(20)11(15)7-9-3-5-10(18)6-4-9/h3-6,8,11-12,18H,7,15H2,1-2H3,(H2,16,19)(H,17,20)/t11-,12+/m1/s1. The Kier molecular flexibility index (Phi) is 5.52. The summed E-state index contributed by atoms with van der Waals surface area (Å²) in [5.41, 5.74) is 11.9. The Morgan fingerprint density at radius 1 is 1.25 bits per heavy atom. The molecule has 0 bridgehead atoms. The van der Waals surface area contributed by atoms with Gasteiger partial charge in [0.25, 0.3) is 0 Å². The van der Waals surface area contributed by atoms with E-state index in [4.69, 9.17) is 11.5 Å². The lowest BCUT2D eigenvalue weighted by molar-refractivity contribution is -0.129. The third-order valence-electron chi connectivity index (χ3n) is 3.00. The summed E-state index contributed by atoms with van der Waals surface area (Å²) in [6, 6.07) is 4.93. The van der Waals surface area contributed by atoms with Gasteiger partial charge in [0.2, 0.25) is 11.8 Å². The number of aromatic hydroxyl groups is 1. The highest BCUT2D eigenvalue weighted by molar-refractivity contribution is 5.89. The number of carbonyl (C=O) groups excluding carboxylic acids is 2. The molecule has 2 atom stereocenters.